The molecule has 0 saturated heterocycles. The maximum atomic E-state index is 4.18. The van der Waals surface area contributed by atoms with Crippen molar-refractivity contribution in [2.75, 3.05) is 0 Å². The van der Waals surface area contributed by atoms with Gasteiger partial charge >= 0.3 is 0 Å². The van der Waals surface area contributed by atoms with E-state index in [1.165, 1.54) is 81.4 Å². The van der Waals surface area contributed by atoms with Gasteiger partial charge in [0, 0.05) is 0 Å². The first kappa shape index (κ1) is 52.7. The van der Waals surface area contributed by atoms with E-state index in [4.69, 9.17) is 0 Å². The Morgan fingerprint density at radius 2 is 1.22 bits per heavy atom. The fourth-order valence-corrected chi connectivity index (χ4v) is 5.41. The molecule has 49 heavy (non-hydrogen) atoms. The Kier molecular flexibility index (Phi) is 30.9. The van der Waals surface area contributed by atoms with Gasteiger partial charge in [0.25, 0.3) is 0 Å². The average molecular weight is 671 g/mol. The highest BCUT2D eigenvalue weighted by Crippen LogP contribution is 2.43. The van der Waals surface area contributed by atoms with Crippen LogP contribution in [0, 0.1) is 31.6 Å². The highest BCUT2D eigenvalue weighted by atomic mass is 14.3. The predicted octanol–water partition coefficient (Wildman–Crippen LogP) is 17.0. The van der Waals surface area contributed by atoms with E-state index >= 15 is 0 Å². The van der Waals surface area contributed by atoms with Crippen LogP contribution in [0.25, 0.3) is 11.1 Å². The van der Waals surface area contributed by atoms with E-state index in [1.807, 2.05) is 13.8 Å². The zero-order valence-corrected chi connectivity index (χ0v) is 33.7. The minimum Gasteiger partial charge on any atom is -0.106 e. The zero-order valence-electron chi connectivity index (χ0n) is 33.7. The smallest absolute Gasteiger partial charge is 0.0155 e. The van der Waals surface area contributed by atoms with Crippen LogP contribution in [0.15, 0.2) is 103 Å². The highest BCUT2D eigenvalue weighted by Gasteiger charge is 2.26. The Morgan fingerprint density at radius 1 is 0.755 bits per heavy atom. The molecule has 1 aliphatic rings. The van der Waals surface area contributed by atoms with Gasteiger partial charge in [-0.05, 0) is 130 Å². The van der Waals surface area contributed by atoms with E-state index in [9.17, 15) is 0 Å². The van der Waals surface area contributed by atoms with Crippen LogP contribution in [0.4, 0.5) is 0 Å². The molecule has 0 heterocycles. The molecule has 0 heteroatoms. The maximum Gasteiger partial charge on any atom is -0.0155 e. The third kappa shape index (κ3) is 19.6. The minimum absolute atomic E-state index is 0. The molecule has 0 bridgehead atoms. The maximum absolute atomic E-state index is 4.18. The molecule has 1 fully saturated rings. The standard InChI is InChI=1S/C22H30.C13H16.C8H18.C2H6.C2H4.2CH4/c1-15(2)13-21(16(3)4)22(17(5)6)14-19(8)20-12-10-9-11-18(20)7;1-9(2)13-10(3)5-4-6-12(13)11-7-8-11;1-5-7(3)8(4)6-2;2*1-2;;/h9-15H,3H2,1-2,4-8H3;4-6,11H,1,7-8H2,2-3H3;7-8H,5-6H2,1-4H3;1-2H3;1-2H2;2*1H4/b19-14+,21-13-;;;;;;. The zero-order chi connectivity index (χ0) is 36.9. The van der Waals surface area contributed by atoms with E-state index in [1.54, 1.807) is 0 Å². The molecule has 2 unspecified atom stereocenters. The van der Waals surface area contributed by atoms with Gasteiger partial charge in [-0.2, -0.15) is 0 Å². The summed E-state index contributed by atoms with van der Waals surface area (Å²) in [6.45, 7) is 46.9. The summed E-state index contributed by atoms with van der Waals surface area (Å²) < 4.78 is 0. The van der Waals surface area contributed by atoms with Crippen molar-refractivity contribution in [1.82, 2.24) is 0 Å². The van der Waals surface area contributed by atoms with E-state index in [-0.39, 0.29) is 14.9 Å². The fourth-order valence-electron chi connectivity index (χ4n) is 5.41. The van der Waals surface area contributed by atoms with Crippen LogP contribution in [0.1, 0.15) is 164 Å². The molecule has 2 aromatic carbocycles. The number of benzene rings is 2. The van der Waals surface area contributed by atoms with Gasteiger partial charge in [0.15, 0.2) is 0 Å². The molecule has 0 spiro atoms. The number of rotatable bonds is 10. The summed E-state index contributed by atoms with van der Waals surface area (Å²) in [4.78, 5) is 0. The molecule has 1 aliphatic carbocycles. The van der Waals surface area contributed by atoms with Gasteiger partial charge in [0.1, 0.15) is 0 Å². The van der Waals surface area contributed by atoms with Crippen LogP contribution in [0.5, 0.6) is 0 Å². The van der Waals surface area contributed by atoms with Gasteiger partial charge in [-0.15, -0.1) is 13.2 Å². The third-order valence-corrected chi connectivity index (χ3v) is 8.73. The van der Waals surface area contributed by atoms with Crippen molar-refractivity contribution in [2.24, 2.45) is 17.8 Å². The van der Waals surface area contributed by atoms with Gasteiger partial charge in [0.2, 0.25) is 0 Å². The van der Waals surface area contributed by atoms with Gasteiger partial charge in [-0.3, -0.25) is 0 Å². The molecule has 0 amide bonds. The third-order valence-electron chi connectivity index (χ3n) is 8.73. The Labute approximate surface area is 309 Å². The van der Waals surface area contributed by atoms with Gasteiger partial charge in [-0.1, -0.05) is 168 Å². The predicted molar refractivity (Wildman–Crippen MR) is 234 cm³/mol. The molecule has 2 aromatic rings. The van der Waals surface area contributed by atoms with E-state index in [0.29, 0.717) is 5.92 Å². The van der Waals surface area contributed by atoms with Crippen molar-refractivity contribution < 1.29 is 0 Å². The molecule has 1 saturated carbocycles. The second-order valence-electron chi connectivity index (χ2n) is 13.5. The molecule has 0 radical (unpaired) electrons. The lowest BCUT2D eigenvalue weighted by Crippen LogP contribution is -2.04. The molecular weight excluding hydrogens is 589 g/mol. The SMILES string of the molecule is C.C.C=C.C=C(C)/C(=C/C(C)C)C(/C=C(\C)c1ccccc1C)=C(C)C.C=C(C)c1c(C)cccc1C1CC1.CC.CCC(C)C(C)CC. The lowest BCUT2D eigenvalue weighted by atomic mass is 9.90. The topological polar surface area (TPSA) is 0 Å². The minimum atomic E-state index is 0. The van der Waals surface area contributed by atoms with Crippen LogP contribution in [-0.4, -0.2) is 0 Å². The summed E-state index contributed by atoms with van der Waals surface area (Å²) in [6, 6.07) is 15.1. The lowest BCUT2D eigenvalue weighted by molar-refractivity contribution is 0.367. The first-order chi connectivity index (χ1) is 22.2. The molecule has 0 aliphatic heterocycles. The van der Waals surface area contributed by atoms with E-state index in [2.05, 4.69) is 171 Å². The summed E-state index contributed by atoms with van der Waals surface area (Å²) in [5, 5.41) is 0. The Hall–Kier alpha value is -3.12. The fraction of sp³-hybridized carbons (Fsp3) is 0.510. The highest BCUT2D eigenvalue weighted by molar-refractivity contribution is 5.72. The largest absolute Gasteiger partial charge is 0.106 e. The van der Waals surface area contributed by atoms with Gasteiger partial charge < -0.3 is 0 Å². The van der Waals surface area contributed by atoms with Crippen LogP contribution in [-0.2, 0) is 0 Å². The first-order valence-corrected chi connectivity index (χ1v) is 18.2. The first-order valence-electron chi connectivity index (χ1n) is 18.2. The summed E-state index contributed by atoms with van der Waals surface area (Å²) in [7, 11) is 0. The number of hydrogen-bond acceptors (Lipinski definition) is 0. The van der Waals surface area contributed by atoms with Crippen molar-refractivity contribution >= 4 is 11.1 Å². The summed E-state index contributed by atoms with van der Waals surface area (Å²) in [5.74, 6) is 3.17. The van der Waals surface area contributed by atoms with Crippen molar-refractivity contribution in [1.29, 1.82) is 0 Å². The van der Waals surface area contributed by atoms with Crippen LogP contribution in [0.3, 0.4) is 0 Å². The van der Waals surface area contributed by atoms with Crippen LogP contribution >= 0.6 is 0 Å². The average Bonchev–Trinajstić information content (AvgIpc) is 3.89. The molecular formula is C49H82. The van der Waals surface area contributed by atoms with Crippen molar-refractivity contribution in [2.45, 2.75) is 150 Å². The second-order valence-corrected chi connectivity index (χ2v) is 13.5. The number of aryl methyl sites for hydroxylation is 2. The molecule has 0 N–H and O–H groups in total. The monoisotopic (exact) mass is 671 g/mol. The molecule has 0 nitrogen and oxygen atoms in total. The summed E-state index contributed by atoms with van der Waals surface area (Å²) >= 11 is 0. The van der Waals surface area contributed by atoms with Crippen LogP contribution in [0.2, 0.25) is 0 Å². The van der Waals surface area contributed by atoms with Gasteiger partial charge in [-0.25, -0.2) is 0 Å². The number of allylic oxidation sites excluding steroid dienone is 8. The van der Waals surface area contributed by atoms with Crippen LogP contribution < -0.4 is 0 Å². The number of hydrogen-bond donors (Lipinski definition) is 0. The quantitative estimate of drug-likeness (QED) is 0.174. The summed E-state index contributed by atoms with van der Waals surface area (Å²) in [6.07, 6.45) is 10.0. The Morgan fingerprint density at radius 3 is 1.59 bits per heavy atom. The molecule has 0 aromatic heterocycles. The normalized spacial score (nSPS) is 13.0. The second kappa shape index (κ2) is 28.7. The van der Waals surface area contributed by atoms with E-state index in [0.717, 1.165) is 23.3 Å². The molecule has 3 rings (SSSR count). The Bertz CT molecular complexity index is 1290. The van der Waals surface area contributed by atoms with Crippen molar-refractivity contribution in [3.05, 3.63) is 131 Å². The van der Waals surface area contributed by atoms with E-state index < -0.39 is 0 Å². The van der Waals surface area contributed by atoms with Crippen molar-refractivity contribution in [3.63, 3.8) is 0 Å². The summed E-state index contributed by atoms with van der Waals surface area (Å²) in [5.41, 5.74) is 14.4. The van der Waals surface area contributed by atoms with Gasteiger partial charge in [0.05, 0.1) is 0 Å². The molecule has 278 valence electrons. The molecule has 2 atom stereocenters. The Balaban J connectivity index is -0.000000319. The van der Waals surface area contributed by atoms with Crippen molar-refractivity contribution in [3.8, 4) is 0 Å². The lowest BCUT2D eigenvalue weighted by Gasteiger charge is -2.15.